The number of hydrogen-bond donors (Lipinski definition) is 0. The van der Waals surface area contributed by atoms with Crippen LogP contribution in [0.2, 0.25) is 0 Å². The van der Waals surface area contributed by atoms with E-state index in [2.05, 4.69) is 6.92 Å². The highest BCUT2D eigenvalue weighted by molar-refractivity contribution is 5.25. The maximum Gasteiger partial charge on any atom is 0.416 e. The summed E-state index contributed by atoms with van der Waals surface area (Å²) in [6, 6.07) is 5.53. The van der Waals surface area contributed by atoms with Gasteiger partial charge in [0.1, 0.15) is 0 Å². The minimum absolute atomic E-state index is 0.0874. The Bertz CT molecular complexity index is 583. The van der Waals surface area contributed by atoms with E-state index >= 15 is 0 Å². The van der Waals surface area contributed by atoms with E-state index in [9.17, 15) is 13.2 Å². The standard InChI is InChI=1S/C24H39F3O3/c1-6-7-8-9-10-11-14-21(24(28-4,29-5)30-19(2)3)17-16-20-13-12-15-22(18-20)23(25,26)27/h12-13,15,18-19,21H,6-11,14,16-17H2,1-5H3. The van der Waals surface area contributed by atoms with E-state index in [0.29, 0.717) is 18.4 Å². The van der Waals surface area contributed by atoms with E-state index < -0.39 is 17.7 Å². The lowest BCUT2D eigenvalue weighted by molar-refractivity contribution is -0.399. The molecule has 174 valence electrons. The van der Waals surface area contributed by atoms with Crippen LogP contribution in [0.25, 0.3) is 0 Å². The lowest BCUT2D eigenvalue weighted by Crippen LogP contribution is -2.46. The fourth-order valence-corrected chi connectivity index (χ4v) is 3.85. The smallest absolute Gasteiger partial charge is 0.331 e. The van der Waals surface area contributed by atoms with Gasteiger partial charge in [0.25, 0.3) is 5.97 Å². The second kappa shape index (κ2) is 13.3. The van der Waals surface area contributed by atoms with E-state index in [1.54, 1.807) is 20.3 Å². The molecular weight excluding hydrogens is 393 g/mol. The first-order chi connectivity index (χ1) is 14.2. The lowest BCUT2D eigenvalue weighted by atomic mass is 9.90. The minimum Gasteiger partial charge on any atom is -0.331 e. The normalized spacial score (nSPS) is 13.8. The summed E-state index contributed by atoms with van der Waals surface area (Å²) < 4.78 is 56.6. The Morgan fingerprint density at radius 1 is 0.900 bits per heavy atom. The largest absolute Gasteiger partial charge is 0.416 e. The van der Waals surface area contributed by atoms with Crippen LogP contribution < -0.4 is 0 Å². The molecule has 1 atom stereocenters. The number of aryl methyl sites for hydroxylation is 1. The molecule has 1 rings (SSSR count). The van der Waals surface area contributed by atoms with Crippen molar-refractivity contribution in [3.8, 4) is 0 Å². The molecule has 0 N–H and O–H groups in total. The minimum atomic E-state index is -4.34. The molecule has 1 unspecified atom stereocenters. The molecule has 0 aliphatic carbocycles. The van der Waals surface area contributed by atoms with Crippen LogP contribution in [0.1, 0.15) is 83.3 Å². The van der Waals surface area contributed by atoms with E-state index in [0.717, 1.165) is 25.3 Å². The number of methoxy groups -OCH3 is 2. The molecule has 1 aromatic rings. The van der Waals surface area contributed by atoms with Crippen molar-refractivity contribution in [1.29, 1.82) is 0 Å². The first-order valence-electron chi connectivity index (χ1n) is 11.1. The quantitative estimate of drug-likeness (QED) is 0.214. The molecular formula is C24H39F3O3. The number of halogens is 3. The van der Waals surface area contributed by atoms with Crippen LogP contribution in [0.4, 0.5) is 13.2 Å². The number of rotatable bonds is 15. The first-order valence-corrected chi connectivity index (χ1v) is 11.1. The molecule has 0 bridgehead atoms. The van der Waals surface area contributed by atoms with E-state index in [1.165, 1.54) is 37.8 Å². The molecule has 0 saturated carbocycles. The van der Waals surface area contributed by atoms with Crippen molar-refractivity contribution < 1.29 is 27.4 Å². The fraction of sp³-hybridized carbons (Fsp3) is 0.750. The second-order valence-corrected chi connectivity index (χ2v) is 8.17. The summed E-state index contributed by atoms with van der Waals surface area (Å²) in [4.78, 5) is 0. The number of hydrogen-bond acceptors (Lipinski definition) is 3. The second-order valence-electron chi connectivity index (χ2n) is 8.17. The van der Waals surface area contributed by atoms with Crippen LogP contribution in [0.5, 0.6) is 0 Å². The van der Waals surface area contributed by atoms with Gasteiger partial charge in [0.05, 0.1) is 11.7 Å². The Hall–Kier alpha value is -1.11. The monoisotopic (exact) mass is 432 g/mol. The Kier molecular flexibility index (Phi) is 12.0. The zero-order valence-corrected chi connectivity index (χ0v) is 19.2. The molecule has 0 heterocycles. The van der Waals surface area contributed by atoms with Crippen LogP contribution in [0, 0.1) is 5.92 Å². The fourth-order valence-electron chi connectivity index (χ4n) is 3.85. The third-order valence-electron chi connectivity index (χ3n) is 5.41. The molecule has 0 aromatic heterocycles. The van der Waals surface area contributed by atoms with Crippen LogP contribution in [-0.4, -0.2) is 26.3 Å². The molecule has 0 aliphatic heterocycles. The predicted octanol–water partition coefficient (Wildman–Crippen LogP) is 7.38. The maximum absolute atomic E-state index is 13.0. The van der Waals surface area contributed by atoms with Crippen LogP contribution in [0.3, 0.4) is 0 Å². The van der Waals surface area contributed by atoms with Gasteiger partial charge < -0.3 is 14.2 Å². The summed E-state index contributed by atoms with van der Waals surface area (Å²) in [6.07, 6.45) is 4.50. The van der Waals surface area contributed by atoms with Gasteiger partial charge in [0, 0.05) is 20.1 Å². The van der Waals surface area contributed by atoms with Crippen molar-refractivity contribution in [2.75, 3.05) is 14.2 Å². The van der Waals surface area contributed by atoms with E-state index in [-0.39, 0.29) is 12.0 Å². The summed E-state index contributed by atoms with van der Waals surface area (Å²) in [5.74, 6) is -1.28. The number of ether oxygens (including phenoxy) is 3. The molecule has 1 aromatic carbocycles. The van der Waals surface area contributed by atoms with Gasteiger partial charge in [0.15, 0.2) is 0 Å². The molecule has 0 radical (unpaired) electrons. The zero-order valence-electron chi connectivity index (χ0n) is 19.2. The van der Waals surface area contributed by atoms with Gasteiger partial charge in [-0.3, -0.25) is 0 Å². The zero-order chi connectivity index (χ0) is 22.6. The average Bonchev–Trinajstić information content (AvgIpc) is 2.70. The summed E-state index contributed by atoms with van der Waals surface area (Å²) in [6.45, 7) is 6.03. The van der Waals surface area contributed by atoms with Gasteiger partial charge in [-0.05, 0) is 44.7 Å². The Balaban J connectivity index is 2.88. The number of alkyl halides is 3. The Morgan fingerprint density at radius 3 is 2.10 bits per heavy atom. The van der Waals surface area contributed by atoms with Crippen molar-refractivity contribution in [3.05, 3.63) is 35.4 Å². The van der Waals surface area contributed by atoms with E-state index in [4.69, 9.17) is 14.2 Å². The first kappa shape index (κ1) is 26.9. The predicted molar refractivity (Wildman–Crippen MR) is 114 cm³/mol. The summed E-state index contributed by atoms with van der Waals surface area (Å²) in [5.41, 5.74) is 0.0408. The molecule has 0 amide bonds. The molecule has 0 spiro atoms. The number of unbranched alkanes of at least 4 members (excludes halogenated alkanes) is 5. The van der Waals surface area contributed by atoms with Gasteiger partial charge in [-0.1, -0.05) is 63.6 Å². The summed E-state index contributed by atoms with van der Waals surface area (Å²) in [5, 5.41) is 0. The molecule has 3 nitrogen and oxygen atoms in total. The van der Waals surface area contributed by atoms with Crippen molar-refractivity contribution in [2.24, 2.45) is 5.92 Å². The topological polar surface area (TPSA) is 27.7 Å². The SMILES string of the molecule is CCCCCCCCC(CCc1cccc(C(F)(F)F)c1)C(OC)(OC)OC(C)C. The Morgan fingerprint density at radius 2 is 1.53 bits per heavy atom. The van der Waals surface area contributed by atoms with Gasteiger partial charge in [-0.25, -0.2) is 0 Å². The van der Waals surface area contributed by atoms with Crippen molar-refractivity contribution >= 4 is 0 Å². The van der Waals surface area contributed by atoms with Gasteiger partial charge in [-0.15, -0.1) is 0 Å². The van der Waals surface area contributed by atoms with Crippen LogP contribution in [-0.2, 0) is 26.8 Å². The third kappa shape index (κ3) is 8.94. The molecule has 0 saturated heterocycles. The number of benzene rings is 1. The molecule has 0 aliphatic rings. The summed E-state index contributed by atoms with van der Waals surface area (Å²) in [7, 11) is 3.12. The average molecular weight is 433 g/mol. The maximum atomic E-state index is 13.0. The third-order valence-corrected chi connectivity index (χ3v) is 5.41. The van der Waals surface area contributed by atoms with Crippen molar-refractivity contribution in [2.45, 2.75) is 96.8 Å². The molecule has 30 heavy (non-hydrogen) atoms. The van der Waals surface area contributed by atoms with Crippen LogP contribution in [0.15, 0.2) is 24.3 Å². The lowest BCUT2D eigenvalue weighted by Gasteiger charge is -2.39. The van der Waals surface area contributed by atoms with Crippen molar-refractivity contribution in [3.63, 3.8) is 0 Å². The highest BCUT2D eigenvalue weighted by Crippen LogP contribution is 2.35. The van der Waals surface area contributed by atoms with Gasteiger partial charge in [-0.2, -0.15) is 13.2 Å². The Labute approximate surface area is 180 Å². The summed E-state index contributed by atoms with van der Waals surface area (Å²) >= 11 is 0. The molecule has 6 heteroatoms. The van der Waals surface area contributed by atoms with Gasteiger partial charge >= 0.3 is 6.18 Å². The van der Waals surface area contributed by atoms with Gasteiger partial charge in [0.2, 0.25) is 0 Å². The highest BCUT2D eigenvalue weighted by atomic mass is 19.4. The van der Waals surface area contributed by atoms with Crippen molar-refractivity contribution in [1.82, 2.24) is 0 Å². The van der Waals surface area contributed by atoms with E-state index in [1.807, 2.05) is 13.8 Å². The molecule has 0 fully saturated rings. The van der Waals surface area contributed by atoms with Crippen LogP contribution >= 0.6 is 0 Å². The highest BCUT2D eigenvalue weighted by Gasteiger charge is 2.41.